The first kappa shape index (κ1) is 37.0. The highest BCUT2D eigenvalue weighted by molar-refractivity contribution is 6.29. The molecule has 55 heavy (non-hydrogen) atoms. The van der Waals surface area contributed by atoms with Gasteiger partial charge in [0.25, 0.3) is 0 Å². The molecule has 0 bridgehead atoms. The van der Waals surface area contributed by atoms with Crippen molar-refractivity contribution in [1.82, 2.24) is 30.2 Å². The van der Waals surface area contributed by atoms with E-state index in [0.717, 1.165) is 39.5 Å². The number of hydrogen-bond donors (Lipinski definition) is 2. The highest BCUT2D eigenvalue weighted by Crippen LogP contribution is 2.39. The molecule has 2 N–H and O–H groups in total. The molecule has 1 fully saturated rings. The van der Waals surface area contributed by atoms with E-state index < -0.39 is 35.2 Å². The Morgan fingerprint density at radius 3 is 2.53 bits per heavy atom. The summed E-state index contributed by atoms with van der Waals surface area (Å²) in [5.41, 5.74) is 6.32. The number of ketones is 3. The number of rotatable bonds is 15. The number of benzene rings is 2. The monoisotopic (exact) mass is 744 g/mol. The van der Waals surface area contributed by atoms with Gasteiger partial charge in [-0.3, -0.25) is 39.1 Å². The SMILES string of the molecule is Cc1noc(C)c1-c1ccc(-c2nc3cnccn3c2CCC(=O)NCCCCCC(=O)COc2cccc3c2C(=O)C(C2CCC(=O)NC2=O)C3=O)cc1. The van der Waals surface area contributed by atoms with Crippen LogP contribution in [0.15, 0.2) is 65.6 Å². The molecule has 7 rings (SSSR count). The van der Waals surface area contributed by atoms with Crippen LogP contribution in [0.3, 0.4) is 0 Å². The van der Waals surface area contributed by atoms with E-state index in [4.69, 9.17) is 14.2 Å². The molecule has 282 valence electrons. The number of ether oxygens (including phenoxy) is 1. The molecule has 0 saturated carbocycles. The van der Waals surface area contributed by atoms with Crippen molar-refractivity contribution in [2.45, 2.75) is 65.2 Å². The Kier molecular flexibility index (Phi) is 10.7. The number of unbranched alkanes of at least 4 members (excludes halogenated alkanes) is 2. The van der Waals surface area contributed by atoms with Crippen molar-refractivity contribution < 1.29 is 38.0 Å². The first-order chi connectivity index (χ1) is 26.6. The number of carbonyl (C=O) groups excluding carboxylic acids is 6. The Morgan fingerprint density at radius 1 is 0.964 bits per heavy atom. The number of piperidine rings is 1. The minimum Gasteiger partial charge on any atom is -0.485 e. The van der Waals surface area contributed by atoms with E-state index in [1.807, 2.05) is 48.7 Å². The maximum absolute atomic E-state index is 13.3. The zero-order valence-corrected chi connectivity index (χ0v) is 30.6. The second kappa shape index (κ2) is 16.0. The molecule has 1 aliphatic carbocycles. The number of carbonyl (C=O) groups is 6. The molecule has 2 aromatic carbocycles. The molecule has 4 heterocycles. The van der Waals surface area contributed by atoms with E-state index in [1.165, 1.54) is 12.1 Å². The normalized spacial score (nSPS) is 16.7. The Labute approximate surface area is 316 Å². The van der Waals surface area contributed by atoms with E-state index in [1.54, 1.807) is 18.5 Å². The van der Waals surface area contributed by atoms with Gasteiger partial charge in [-0.2, -0.15) is 0 Å². The fraction of sp³-hybridized carbons (Fsp3) is 0.341. The number of nitrogens with one attached hydrogen (secondary N) is 2. The van der Waals surface area contributed by atoms with Gasteiger partial charge in [-0.25, -0.2) is 4.98 Å². The number of amides is 3. The zero-order valence-electron chi connectivity index (χ0n) is 30.6. The molecule has 0 spiro atoms. The van der Waals surface area contributed by atoms with E-state index in [-0.39, 0.29) is 60.9 Å². The number of imide groups is 1. The molecule has 3 amide bonds. The number of nitrogens with zero attached hydrogens (tertiary/aromatic N) is 4. The lowest BCUT2D eigenvalue weighted by Crippen LogP contribution is -2.46. The fourth-order valence-corrected chi connectivity index (χ4v) is 7.47. The van der Waals surface area contributed by atoms with Crippen molar-refractivity contribution in [3.8, 4) is 28.1 Å². The highest BCUT2D eigenvalue weighted by atomic mass is 16.5. The summed E-state index contributed by atoms with van der Waals surface area (Å²) < 4.78 is 13.0. The van der Waals surface area contributed by atoms with Gasteiger partial charge in [-0.05, 0) is 51.2 Å². The van der Waals surface area contributed by atoms with Crippen LogP contribution in [0.4, 0.5) is 0 Å². The Balaban J connectivity index is 0.855. The fourth-order valence-electron chi connectivity index (χ4n) is 7.47. The number of fused-ring (bicyclic) bond motifs is 2. The standard InChI is InChI=1S/C41H40N6O8/c1-23-35(24(2)55-46-23)25-10-12-26(13-11-25)38-30(47-20-19-42-21-32(47)44-38)15-17-33(49)43-18-5-3-4-7-27(48)22-54-31-9-6-8-28-36(31)40(52)37(39(28)51)29-14-16-34(50)45-41(29)53/h6,8-13,19-21,29,37H,3-5,7,14-18,22H2,1-2H3,(H,43,49)(H,45,50,53). The van der Waals surface area contributed by atoms with Crippen LogP contribution >= 0.6 is 0 Å². The van der Waals surface area contributed by atoms with Crippen LogP contribution < -0.4 is 15.4 Å². The summed E-state index contributed by atoms with van der Waals surface area (Å²) in [7, 11) is 0. The number of aryl methyl sites for hydroxylation is 3. The van der Waals surface area contributed by atoms with Crippen LogP contribution in [-0.4, -0.2) is 67.7 Å². The van der Waals surface area contributed by atoms with Crippen LogP contribution in [0.1, 0.15) is 82.8 Å². The minimum atomic E-state index is -1.21. The van der Waals surface area contributed by atoms with Crippen molar-refractivity contribution in [3.63, 3.8) is 0 Å². The van der Waals surface area contributed by atoms with Crippen molar-refractivity contribution in [2.24, 2.45) is 11.8 Å². The highest BCUT2D eigenvalue weighted by Gasteiger charge is 2.48. The maximum Gasteiger partial charge on any atom is 0.230 e. The van der Waals surface area contributed by atoms with E-state index in [2.05, 4.69) is 20.8 Å². The first-order valence-corrected chi connectivity index (χ1v) is 18.4. The summed E-state index contributed by atoms with van der Waals surface area (Å²) in [4.78, 5) is 85.0. The van der Waals surface area contributed by atoms with Crippen molar-refractivity contribution in [3.05, 3.63) is 89.3 Å². The van der Waals surface area contributed by atoms with Gasteiger partial charge in [0.05, 0.1) is 40.7 Å². The molecule has 2 aliphatic rings. The quantitative estimate of drug-likeness (QED) is 0.0835. The molecule has 3 aromatic heterocycles. The third kappa shape index (κ3) is 7.70. The summed E-state index contributed by atoms with van der Waals surface area (Å²) in [6.45, 7) is 4.00. The van der Waals surface area contributed by atoms with Crippen molar-refractivity contribution in [2.75, 3.05) is 13.2 Å². The molecule has 0 radical (unpaired) electrons. The summed E-state index contributed by atoms with van der Waals surface area (Å²) in [5.74, 6) is -3.59. The van der Waals surface area contributed by atoms with Crippen LogP contribution in [-0.2, 0) is 25.6 Å². The topological polar surface area (TPSA) is 192 Å². The number of aromatic nitrogens is 4. The van der Waals surface area contributed by atoms with Gasteiger partial charge in [0.15, 0.2) is 23.0 Å². The van der Waals surface area contributed by atoms with Crippen LogP contribution in [0.2, 0.25) is 0 Å². The first-order valence-electron chi connectivity index (χ1n) is 18.4. The van der Waals surface area contributed by atoms with Gasteiger partial charge in [0.2, 0.25) is 17.7 Å². The van der Waals surface area contributed by atoms with Gasteiger partial charge in [0.1, 0.15) is 18.1 Å². The predicted molar refractivity (Wildman–Crippen MR) is 198 cm³/mol. The molecular formula is C41H40N6O8. The van der Waals surface area contributed by atoms with Gasteiger partial charge in [-0.1, -0.05) is 48.0 Å². The largest absolute Gasteiger partial charge is 0.485 e. The molecule has 1 saturated heterocycles. The van der Waals surface area contributed by atoms with Crippen LogP contribution in [0.25, 0.3) is 28.0 Å². The average Bonchev–Trinajstić information content (AvgIpc) is 3.81. The molecule has 2 unspecified atom stereocenters. The Hall–Kier alpha value is -6.31. The predicted octanol–water partition coefficient (Wildman–Crippen LogP) is 4.97. The summed E-state index contributed by atoms with van der Waals surface area (Å²) in [6.07, 6.45) is 8.37. The van der Waals surface area contributed by atoms with E-state index in [0.29, 0.717) is 37.9 Å². The molecular weight excluding hydrogens is 704 g/mol. The molecule has 5 aromatic rings. The van der Waals surface area contributed by atoms with Gasteiger partial charge in [0, 0.05) is 54.9 Å². The maximum atomic E-state index is 13.3. The summed E-state index contributed by atoms with van der Waals surface area (Å²) in [5, 5.41) is 9.25. The second-order valence-electron chi connectivity index (χ2n) is 13.9. The molecule has 14 nitrogen and oxygen atoms in total. The third-order valence-corrected chi connectivity index (χ3v) is 10.2. The number of imidazole rings is 1. The number of Topliss-reactive ketones (excluding diaryl/α,β-unsaturated/α-hetero) is 3. The van der Waals surface area contributed by atoms with E-state index >= 15 is 0 Å². The van der Waals surface area contributed by atoms with Gasteiger partial charge >= 0.3 is 0 Å². The van der Waals surface area contributed by atoms with Crippen molar-refractivity contribution >= 4 is 40.7 Å². The molecule has 2 atom stereocenters. The average molecular weight is 745 g/mol. The van der Waals surface area contributed by atoms with Gasteiger partial charge in [-0.15, -0.1) is 0 Å². The van der Waals surface area contributed by atoms with Gasteiger partial charge < -0.3 is 19.0 Å². The lowest BCUT2D eigenvalue weighted by atomic mass is 9.82. The van der Waals surface area contributed by atoms with Crippen LogP contribution in [0, 0.1) is 25.7 Å². The third-order valence-electron chi connectivity index (χ3n) is 10.2. The lowest BCUT2D eigenvalue weighted by molar-refractivity contribution is -0.137. The zero-order chi connectivity index (χ0) is 38.6. The second-order valence-corrected chi connectivity index (χ2v) is 13.9. The minimum absolute atomic E-state index is 0.0558. The number of hydrogen-bond acceptors (Lipinski definition) is 11. The Bertz CT molecular complexity index is 2300. The smallest absolute Gasteiger partial charge is 0.230 e. The molecule has 1 aliphatic heterocycles. The van der Waals surface area contributed by atoms with Crippen molar-refractivity contribution in [1.29, 1.82) is 0 Å². The van der Waals surface area contributed by atoms with Crippen LogP contribution in [0.5, 0.6) is 5.75 Å². The van der Waals surface area contributed by atoms with E-state index in [9.17, 15) is 28.8 Å². The molecule has 14 heteroatoms. The Morgan fingerprint density at radius 2 is 1.76 bits per heavy atom. The lowest BCUT2D eigenvalue weighted by Gasteiger charge is -2.24. The summed E-state index contributed by atoms with van der Waals surface area (Å²) in [6, 6.07) is 12.7. The summed E-state index contributed by atoms with van der Waals surface area (Å²) >= 11 is 0.